The van der Waals surface area contributed by atoms with Gasteiger partial charge >= 0.3 is 0 Å². The molecule has 0 bridgehead atoms. The van der Waals surface area contributed by atoms with E-state index in [9.17, 15) is 4.79 Å². The van der Waals surface area contributed by atoms with Gasteiger partial charge in [0, 0.05) is 39.1 Å². The molecule has 0 radical (unpaired) electrons. The first-order valence-electron chi connectivity index (χ1n) is 10.5. The Morgan fingerprint density at radius 3 is 2.50 bits per heavy atom. The smallest absolute Gasteiger partial charge is 0.247 e. The molecule has 1 atom stereocenters. The molecule has 3 aromatic rings. The maximum Gasteiger partial charge on any atom is 0.247 e. The minimum absolute atomic E-state index is 0.0864. The van der Waals surface area contributed by atoms with Gasteiger partial charge in [-0.15, -0.1) is 5.10 Å². The number of amides is 1. The van der Waals surface area contributed by atoms with Gasteiger partial charge < -0.3 is 4.90 Å². The van der Waals surface area contributed by atoms with E-state index >= 15 is 0 Å². The van der Waals surface area contributed by atoms with Crippen LogP contribution in [0.2, 0.25) is 0 Å². The number of carbonyl (C=O) groups excluding carboxylic acids is 1. The summed E-state index contributed by atoms with van der Waals surface area (Å²) >= 11 is 0. The predicted molar refractivity (Wildman–Crippen MR) is 115 cm³/mol. The number of hydrogen-bond acceptors (Lipinski definition) is 5. The van der Waals surface area contributed by atoms with Gasteiger partial charge in [0.25, 0.3) is 0 Å². The third kappa shape index (κ3) is 5.10. The fraction of sp³-hybridized carbons (Fsp3) is 0.391. The molecule has 0 saturated carbocycles. The third-order valence-electron chi connectivity index (χ3n) is 5.67. The molecule has 30 heavy (non-hydrogen) atoms. The Hall–Kier alpha value is -3.06. The second-order valence-electron chi connectivity index (χ2n) is 7.94. The van der Waals surface area contributed by atoms with E-state index in [0.717, 1.165) is 44.7 Å². The average Bonchev–Trinajstić information content (AvgIpc) is 3.20. The van der Waals surface area contributed by atoms with E-state index in [4.69, 9.17) is 0 Å². The largest absolute Gasteiger partial charge is 0.339 e. The maximum absolute atomic E-state index is 13.4. The van der Waals surface area contributed by atoms with Crippen LogP contribution in [-0.2, 0) is 17.8 Å². The van der Waals surface area contributed by atoms with Gasteiger partial charge in [-0.25, -0.2) is 4.68 Å². The Balaban J connectivity index is 1.42. The molecular weight excluding hydrogens is 376 g/mol. The highest BCUT2D eigenvalue weighted by molar-refractivity contribution is 5.80. The SMILES string of the molecule is Cc1ccc(CN2CCCN(C(=O)C(Cc3ccccc3)n3cnnn3)CC2)cc1. The molecule has 0 spiro atoms. The van der Waals surface area contributed by atoms with Crippen molar-refractivity contribution >= 4 is 5.91 Å². The monoisotopic (exact) mass is 404 g/mol. The van der Waals surface area contributed by atoms with Crippen LogP contribution in [-0.4, -0.2) is 62.1 Å². The van der Waals surface area contributed by atoms with E-state index in [0.29, 0.717) is 6.42 Å². The van der Waals surface area contributed by atoms with Crippen molar-refractivity contribution in [3.63, 3.8) is 0 Å². The van der Waals surface area contributed by atoms with Crippen molar-refractivity contribution in [2.75, 3.05) is 26.2 Å². The van der Waals surface area contributed by atoms with Crippen molar-refractivity contribution in [2.24, 2.45) is 0 Å². The van der Waals surface area contributed by atoms with Crippen molar-refractivity contribution in [1.29, 1.82) is 0 Å². The van der Waals surface area contributed by atoms with Crippen LogP contribution in [0.15, 0.2) is 60.9 Å². The van der Waals surface area contributed by atoms with E-state index in [1.807, 2.05) is 35.2 Å². The molecular formula is C23H28N6O. The maximum atomic E-state index is 13.4. The van der Waals surface area contributed by atoms with Gasteiger partial charge in [-0.1, -0.05) is 60.2 Å². The summed E-state index contributed by atoms with van der Waals surface area (Å²) in [6.45, 7) is 6.37. The Bertz CT molecular complexity index is 926. The Kier molecular flexibility index (Phi) is 6.49. The number of aryl methyl sites for hydroxylation is 1. The molecule has 7 heteroatoms. The summed E-state index contributed by atoms with van der Waals surface area (Å²) in [5.74, 6) is 0.0864. The lowest BCUT2D eigenvalue weighted by Crippen LogP contribution is -2.40. The van der Waals surface area contributed by atoms with Gasteiger partial charge in [0.15, 0.2) is 0 Å². The van der Waals surface area contributed by atoms with Gasteiger partial charge in [-0.2, -0.15) is 0 Å². The molecule has 0 N–H and O–H groups in total. The molecule has 7 nitrogen and oxygen atoms in total. The summed E-state index contributed by atoms with van der Waals surface area (Å²) in [6, 6.07) is 18.3. The molecule has 4 rings (SSSR count). The van der Waals surface area contributed by atoms with Crippen molar-refractivity contribution in [3.05, 3.63) is 77.6 Å². The summed E-state index contributed by atoms with van der Waals surface area (Å²) in [7, 11) is 0. The zero-order chi connectivity index (χ0) is 20.8. The number of benzene rings is 2. The van der Waals surface area contributed by atoms with Crippen LogP contribution in [0.4, 0.5) is 0 Å². The van der Waals surface area contributed by atoms with Crippen molar-refractivity contribution < 1.29 is 4.79 Å². The highest BCUT2D eigenvalue weighted by Gasteiger charge is 2.28. The number of tetrazole rings is 1. The number of hydrogen-bond donors (Lipinski definition) is 0. The van der Waals surface area contributed by atoms with Crippen molar-refractivity contribution in [2.45, 2.75) is 32.4 Å². The molecule has 2 heterocycles. The minimum atomic E-state index is -0.425. The first-order chi connectivity index (χ1) is 14.7. The molecule has 2 aromatic carbocycles. The van der Waals surface area contributed by atoms with E-state index in [2.05, 4.69) is 51.6 Å². The summed E-state index contributed by atoms with van der Waals surface area (Å²) in [5.41, 5.74) is 3.69. The quantitative estimate of drug-likeness (QED) is 0.632. The van der Waals surface area contributed by atoms with E-state index in [1.165, 1.54) is 17.5 Å². The predicted octanol–water partition coefficient (Wildman–Crippen LogP) is 2.50. The summed E-state index contributed by atoms with van der Waals surface area (Å²) in [4.78, 5) is 17.9. The second-order valence-corrected chi connectivity index (χ2v) is 7.94. The lowest BCUT2D eigenvalue weighted by atomic mass is 10.0. The zero-order valence-electron chi connectivity index (χ0n) is 17.4. The van der Waals surface area contributed by atoms with E-state index in [1.54, 1.807) is 4.68 Å². The average molecular weight is 405 g/mol. The number of rotatable bonds is 6. The Morgan fingerprint density at radius 1 is 0.967 bits per heavy atom. The van der Waals surface area contributed by atoms with Crippen LogP contribution >= 0.6 is 0 Å². The van der Waals surface area contributed by atoms with Gasteiger partial charge in [-0.3, -0.25) is 9.69 Å². The molecule has 0 aliphatic carbocycles. The Morgan fingerprint density at radius 2 is 1.77 bits per heavy atom. The highest BCUT2D eigenvalue weighted by Crippen LogP contribution is 2.18. The number of carbonyl (C=O) groups is 1. The lowest BCUT2D eigenvalue weighted by Gasteiger charge is -2.26. The van der Waals surface area contributed by atoms with Crippen LogP contribution in [0.5, 0.6) is 0 Å². The van der Waals surface area contributed by atoms with E-state index in [-0.39, 0.29) is 5.91 Å². The van der Waals surface area contributed by atoms with E-state index < -0.39 is 6.04 Å². The molecule has 1 aromatic heterocycles. The molecule has 1 amide bonds. The van der Waals surface area contributed by atoms with Crippen molar-refractivity contribution in [3.8, 4) is 0 Å². The standard InChI is InChI=1S/C23H28N6O/c1-19-8-10-21(11-9-19)17-27-12-5-13-28(15-14-27)23(30)22(29-18-24-25-26-29)16-20-6-3-2-4-7-20/h2-4,6-11,18,22H,5,12-17H2,1H3. The molecule has 156 valence electrons. The van der Waals surface area contributed by atoms with Crippen LogP contribution in [0, 0.1) is 6.92 Å². The van der Waals surface area contributed by atoms with Crippen LogP contribution < -0.4 is 0 Å². The highest BCUT2D eigenvalue weighted by atomic mass is 16.2. The molecule has 1 fully saturated rings. The fourth-order valence-electron chi connectivity index (χ4n) is 3.95. The number of nitrogens with zero attached hydrogens (tertiary/aromatic N) is 6. The summed E-state index contributed by atoms with van der Waals surface area (Å²) < 4.78 is 1.59. The van der Waals surface area contributed by atoms with Gasteiger partial charge in [0.05, 0.1) is 0 Å². The summed E-state index contributed by atoms with van der Waals surface area (Å²) in [6.07, 6.45) is 3.08. The van der Waals surface area contributed by atoms with Crippen LogP contribution in [0.3, 0.4) is 0 Å². The first kappa shape index (κ1) is 20.2. The molecule has 1 aliphatic rings. The third-order valence-corrected chi connectivity index (χ3v) is 5.67. The van der Waals surface area contributed by atoms with Crippen LogP contribution in [0.25, 0.3) is 0 Å². The Labute approximate surface area is 177 Å². The molecule has 1 unspecified atom stereocenters. The first-order valence-corrected chi connectivity index (χ1v) is 10.5. The van der Waals surface area contributed by atoms with Crippen molar-refractivity contribution in [1.82, 2.24) is 30.0 Å². The van der Waals surface area contributed by atoms with Gasteiger partial charge in [0.2, 0.25) is 5.91 Å². The zero-order valence-corrected chi connectivity index (χ0v) is 17.4. The normalized spacial score (nSPS) is 16.2. The van der Waals surface area contributed by atoms with Gasteiger partial charge in [-0.05, 0) is 34.9 Å². The second kappa shape index (κ2) is 9.63. The molecule has 1 saturated heterocycles. The topological polar surface area (TPSA) is 67.2 Å². The minimum Gasteiger partial charge on any atom is -0.339 e. The summed E-state index contributed by atoms with van der Waals surface area (Å²) in [5, 5.41) is 11.5. The van der Waals surface area contributed by atoms with Gasteiger partial charge in [0.1, 0.15) is 12.4 Å². The lowest BCUT2D eigenvalue weighted by molar-refractivity contribution is -0.135. The van der Waals surface area contributed by atoms with Crippen LogP contribution in [0.1, 0.15) is 29.2 Å². The fourth-order valence-corrected chi connectivity index (χ4v) is 3.95. The molecule has 1 aliphatic heterocycles. The number of aromatic nitrogens is 4.